The van der Waals surface area contributed by atoms with Crippen molar-refractivity contribution in [3.05, 3.63) is 0 Å². The maximum absolute atomic E-state index is 10.9. The molecule has 2 atom stereocenters. The fraction of sp³-hybridized carbons (Fsp3) is 1.00. The third-order valence-electron chi connectivity index (χ3n) is 3.87. The van der Waals surface area contributed by atoms with Crippen LogP contribution in [-0.4, -0.2) is 28.5 Å². The monoisotopic (exact) mass is 229 g/mol. The molecule has 0 radical (unpaired) electrons. The minimum atomic E-state index is -0.804. The first-order valence-electron chi connectivity index (χ1n) is 6.31. The van der Waals surface area contributed by atoms with Crippen LogP contribution in [0.4, 0.5) is 0 Å². The molecule has 16 heavy (non-hydrogen) atoms. The Morgan fingerprint density at radius 3 is 2.19 bits per heavy atom. The van der Waals surface area contributed by atoms with Crippen LogP contribution in [0, 0.1) is 5.92 Å². The zero-order chi connectivity index (χ0) is 12.6. The molecule has 0 aliphatic carbocycles. The van der Waals surface area contributed by atoms with E-state index in [0.29, 0.717) is 13.0 Å². The van der Waals surface area contributed by atoms with Crippen LogP contribution in [0.25, 0.3) is 0 Å². The highest BCUT2D eigenvalue weighted by Crippen LogP contribution is 2.49. The van der Waals surface area contributed by atoms with E-state index in [1.165, 1.54) is 0 Å². The summed E-state index contributed by atoms with van der Waals surface area (Å²) in [7, 11) is 0. The van der Waals surface area contributed by atoms with Gasteiger partial charge in [0.15, 0.2) is 0 Å². The predicted octanol–water partition coefficient (Wildman–Crippen LogP) is 2.07. The molecule has 1 aliphatic heterocycles. The molecule has 3 N–H and O–H groups in total. The first-order chi connectivity index (χ1) is 7.18. The van der Waals surface area contributed by atoms with E-state index in [9.17, 15) is 5.11 Å². The summed E-state index contributed by atoms with van der Waals surface area (Å²) in [6, 6.07) is 0. The van der Waals surface area contributed by atoms with Gasteiger partial charge in [0.2, 0.25) is 0 Å². The first-order valence-corrected chi connectivity index (χ1v) is 6.31. The van der Waals surface area contributed by atoms with Crippen molar-refractivity contribution in [3.8, 4) is 0 Å². The highest BCUT2D eigenvalue weighted by atomic mass is 16.5. The van der Waals surface area contributed by atoms with Gasteiger partial charge in [0.25, 0.3) is 0 Å². The van der Waals surface area contributed by atoms with Gasteiger partial charge in [-0.2, -0.15) is 0 Å². The summed E-state index contributed by atoms with van der Waals surface area (Å²) in [4.78, 5) is 0. The summed E-state index contributed by atoms with van der Waals surface area (Å²) >= 11 is 0. The molecule has 1 aliphatic rings. The van der Waals surface area contributed by atoms with Gasteiger partial charge in [0.05, 0.1) is 16.8 Å². The molecule has 1 heterocycles. The van der Waals surface area contributed by atoms with Crippen molar-refractivity contribution < 1.29 is 9.84 Å². The number of nitrogens with two attached hydrogens (primary N) is 1. The van der Waals surface area contributed by atoms with Gasteiger partial charge < -0.3 is 15.6 Å². The standard InChI is InChI=1S/C13H27NO2/c1-6-7-10(8-14)13(15)9-11(2,3)16-12(13,4)5/h10,15H,6-9,14H2,1-5H3. The molecule has 0 spiro atoms. The van der Waals surface area contributed by atoms with Gasteiger partial charge in [-0.25, -0.2) is 0 Å². The van der Waals surface area contributed by atoms with E-state index < -0.39 is 11.2 Å². The zero-order valence-electron chi connectivity index (χ0n) is 11.3. The number of hydrogen-bond acceptors (Lipinski definition) is 3. The summed E-state index contributed by atoms with van der Waals surface area (Å²) in [6.07, 6.45) is 2.66. The van der Waals surface area contributed by atoms with Gasteiger partial charge in [0, 0.05) is 12.3 Å². The molecular weight excluding hydrogens is 202 g/mol. The Hall–Kier alpha value is -0.120. The Morgan fingerprint density at radius 1 is 1.31 bits per heavy atom. The predicted molar refractivity (Wildman–Crippen MR) is 66.3 cm³/mol. The van der Waals surface area contributed by atoms with Crippen LogP contribution in [-0.2, 0) is 4.74 Å². The van der Waals surface area contributed by atoms with Crippen molar-refractivity contribution in [3.63, 3.8) is 0 Å². The third kappa shape index (κ3) is 2.27. The summed E-state index contributed by atoms with van der Waals surface area (Å²) < 4.78 is 5.98. The van der Waals surface area contributed by atoms with E-state index >= 15 is 0 Å². The van der Waals surface area contributed by atoms with Crippen LogP contribution in [0.2, 0.25) is 0 Å². The van der Waals surface area contributed by atoms with Gasteiger partial charge in [-0.05, 0) is 40.7 Å². The van der Waals surface area contributed by atoms with Crippen LogP contribution >= 0.6 is 0 Å². The van der Waals surface area contributed by atoms with E-state index in [-0.39, 0.29) is 11.5 Å². The fourth-order valence-corrected chi connectivity index (χ4v) is 3.21. The number of ether oxygens (including phenoxy) is 1. The van der Waals surface area contributed by atoms with Gasteiger partial charge in [-0.15, -0.1) is 0 Å². The number of aliphatic hydroxyl groups is 1. The molecule has 96 valence electrons. The summed E-state index contributed by atoms with van der Waals surface area (Å²) in [5.41, 5.74) is 4.23. The average Bonchev–Trinajstić information content (AvgIpc) is 2.27. The smallest absolute Gasteiger partial charge is 0.0998 e. The van der Waals surface area contributed by atoms with Gasteiger partial charge in [0.1, 0.15) is 0 Å². The zero-order valence-corrected chi connectivity index (χ0v) is 11.3. The molecule has 2 unspecified atom stereocenters. The second-order valence-electron chi connectivity index (χ2n) is 6.19. The molecule has 1 saturated heterocycles. The largest absolute Gasteiger partial charge is 0.386 e. The van der Waals surface area contributed by atoms with Crippen molar-refractivity contribution >= 4 is 0 Å². The SMILES string of the molecule is CCCC(CN)C1(O)CC(C)(C)OC1(C)C. The molecule has 0 saturated carbocycles. The lowest BCUT2D eigenvalue weighted by molar-refractivity contribution is -0.147. The van der Waals surface area contributed by atoms with Gasteiger partial charge in [-0.3, -0.25) is 0 Å². The Labute approximate surface area is 99.4 Å². The summed E-state index contributed by atoms with van der Waals surface area (Å²) in [5, 5.41) is 10.9. The summed E-state index contributed by atoms with van der Waals surface area (Å²) in [6.45, 7) is 10.7. The Kier molecular flexibility index (Phi) is 3.73. The molecule has 1 rings (SSSR count). The molecule has 0 aromatic carbocycles. The quantitative estimate of drug-likeness (QED) is 0.776. The van der Waals surface area contributed by atoms with Crippen LogP contribution in [0.15, 0.2) is 0 Å². The normalized spacial score (nSPS) is 33.9. The lowest BCUT2D eigenvalue weighted by Crippen LogP contribution is -2.54. The van der Waals surface area contributed by atoms with Crippen molar-refractivity contribution in [2.24, 2.45) is 11.7 Å². The van der Waals surface area contributed by atoms with Crippen LogP contribution in [0.1, 0.15) is 53.9 Å². The molecule has 0 amide bonds. The lowest BCUT2D eigenvalue weighted by atomic mass is 9.71. The Balaban J connectivity index is 2.98. The molecule has 0 bridgehead atoms. The topological polar surface area (TPSA) is 55.5 Å². The third-order valence-corrected chi connectivity index (χ3v) is 3.87. The van der Waals surface area contributed by atoms with Crippen LogP contribution in [0.5, 0.6) is 0 Å². The van der Waals surface area contributed by atoms with Crippen molar-refractivity contribution in [1.82, 2.24) is 0 Å². The fourth-order valence-electron chi connectivity index (χ4n) is 3.21. The van der Waals surface area contributed by atoms with Crippen molar-refractivity contribution in [2.75, 3.05) is 6.54 Å². The second kappa shape index (κ2) is 4.28. The average molecular weight is 229 g/mol. The Morgan fingerprint density at radius 2 is 1.88 bits per heavy atom. The van der Waals surface area contributed by atoms with Crippen LogP contribution in [0.3, 0.4) is 0 Å². The maximum atomic E-state index is 10.9. The molecule has 0 aromatic rings. The molecule has 3 nitrogen and oxygen atoms in total. The minimum absolute atomic E-state index is 0.120. The highest BCUT2D eigenvalue weighted by Gasteiger charge is 2.59. The lowest BCUT2D eigenvalue weighted by Gasteiger charge is -2.41. The first kappa shape index (κ1) is 13.9. The second-order valence-corrected chi connectivity index (χ2v) is 6.19. The maximum Gasteiger partial charge on any atom is 0.0998 e. The minimum Gasteiger partial charge on any atom is -0.386 e. The number of hydrogen-bond donors (Lipinski definition) is 2. The van der Waals surface area contributed by atoms with Gasteiger partial charge in [-0.1, -0.05) is 13.3 Å². The Bertz CT molecular complexity index is 250. The molecular formula is C13H27NO2. The molecule has 0 aromatic heterocycles. The van der Waals surface area contributed by atoms with E-state index in [1.807, 2.05) is 27.7 Å². The van der Waals surface area contributed by atoms with E-state index in [2.05, 4.69) is 6.92 Å². The van der Waals surface area contributed by atoms with Gasteiger partial charge >= 0.3 is 0 Å². The van der Waals surface area contributed by atoms with Crippen LogP contribution < -0.4 is 5.73 Å². The highest BCUT2D eigenvalue weighted by molar-refractivity contribution is 5.09. The number of rotatable bonds is 4. The van der Waals surface area contributed by atoms with E-state index in [4.69, 9.17) is 10.5 Å². The van der Waals surface area contributed by atoms with Crippen molar-refractivity contribution in [2.45, 2.75) is 70.7 Å². The van der Waals surface area contributed by atoms with Crippen molar-refractivity contribution in [1.29, 1.82) is 0 Å². The molecule has 3 heteroatoms. The molecule has 1 fully saturated rings. The summed E-state index contributed by atoms with van der Waals surface area (Å²) in [5.74, 6) is 0.120. The van der Waals surface area contributed by atoms with E-state index in [1.54, 1.807) is 0 Å². The van der Waals surface area contributed by atoms with E-state index in [0.717, 1.165) is 12.8 Å².